The van der Waals surface area contributed by atoms with E-state index >= 15 is 0 Å². The van der Waals surface area contributed by atoms with E-state index < -0.39 is 0 Å². The van der Waals surface area contributed by atoms with Gasteiger partial charge in [0.2, 0.25) is 0 Å². The Hall–Kier alpha value is -1.31. The molecule has 1 aromatic carbocycles. The van der Waals surface area contributed by atoms with E-state index in [1.165, 1.54) is 43.2 Å². The molecule has 0 amide bonds. The Morgan fingerprint density at radius 3 is 2.43 bits per heavy atom. The van der Waals surface area contributed by atoms with Crippen LogP contribution in [0.5, 0.6) is 0 Å². The van der Waals surface area contributed by atoms with Gasteiger partial charge in [-0.25, -0.2) is 0 Å². The van der Waals surface area contributed by atoms with Crippen molar-refractivity contribution in [3.63, 3.8) is 0 Å². The van der Waals surface area contributed by atoms with Gasteiger partial charge in [0.1, 0.15) is 5.78 Å². The number of nitrogens with two attached hydrogens (primary N) is 1. The summed E-state index contributed by atoms with van der Waals surface area (Å²) in [4.78, 5) is 12.1. The van der Waals surface area contributed by atoms with Crippen molar-refractivity contribution in [2.45, 2.75) is 84.0 Å². The van der Waals surface area contributed by atoms with E-state index in [2.05, 4.69) is 39.0 Å². The first kappa shape index (κ1) is 18.0. The summed E-state index contributed by atoms with van der Waals surface area (Å²) in [6, 6.07) is 6.30. The molecule has 128 valence electrons. The second-order valence-electron chi connectivity index (χ2n) is 8.25. The average molecular weight is 316 g/mol. The number of nitrogen functional groups attached to an aromatic ring is 1. The first-order valence-corrected chi connectivity index (χ1v) is 9.27. The minimum absolute atomic E-state index is 0.0679. The third-order valence-electron chi connectivity index (χ3n) is 5.17. The number of benzene rings is 1. The van der Waals surface area contributed by atoms with Gasteiger partial charge in [0.25, 0.3) is 0 Å². The number of hydrogen-bond donors (Lipinski definition) is 1. The summed E-state index contributed by atoms with van der Waals surface area (Å²) in [5.41, 5.74) is 9.47. The maximum absolute atomic E-state index is 12.1. The Balaban J connectivity index is 1.78. The van der Waals surface area contributed by atoms with E-state index in [9.17, 15) is 4.79 Å². The van der Waals surface area contributed by atoms with Gasteiger partial charge >= 0.3 is 0 Å². The molecule has 2 rings (SSSR count). The fourth-order valence-electron chi connectivity index (χ4n) is 3.70. The van der Waals surface area contributed by atoms with Gasteiger partial charge in [-0.3, -0.25) is 4.79 Å². The Morgan fingerprint density at radius 1 is 1.13 bits per heavy atom. The molecular weight excluding hydrogens is 282 g/mol. The summed E-state index contributed by atoms with van der Waals surface area (Å²) < 4.78 is 0. The summed E-state index contributed by atoms with van der Waals surface area (Å²) in [6.45, 7) is 6.52. The largest absolute Gasteiger partial charge is 0.398 e. The van der Waals surface area contributed by atoms with Crippen LogP contribution in [0.2, 0.25) is 0 Å². The number of rotatable bonds is 6. The van der Waals surface area contributed by atoms with Gasteiger partial charge in [-0.15, -0.1) is 0 Å². The van der Waals surface area contributed by atoms with Crippen LogP contribution in [0.1, 0.15) is 83.3 Å². The lowest BCUT2D eigenvalue weighted by atomic mass is 9.84. The number of carbonyl (C=O) groups is 1. The molecular formula is C21H33NO. The number of ketones is 1. The lowest BCUT2D eigenvalue weighted by Gasteiger charge is -2.22. The van der Waals surface area contributed by atoms with Crippen molar-refractivity contribution in [2.24, 2.45) is 5.92 Å². The van der Waals surface area contributed by atoms with Gasteiger partial charge in [-0.1, -0.05) is 65.0 Å². The summed E-state index contributed by atoms with van der Waals surface area (Å²) in [7, 11) is 0. The molecule has 0 aliphatic heterocycles. The molecule has 0 heterocycles. The van der Waals surface area contributed by atoms with E-state index in [-0.39, 0.29) is 5.41 Å². The Morgan fingerprint density at radius 2 is 1.83 bits per heavy atom. The van der Waals surface area contributed by atoms with Crippen molar-refractivity contribution in [3.8, 4) is 0 Å². The number of Topliss-reactive ketones (excluding diaryl/α,β-unsaturated/α-hetero) is 1. The van der Waals surface area contributed by atoms with Gasteiger partial charge in [0, 0.05) is 18.5 Å². The highest BCUT2D eigenvalue weighted by molar-refractivity contribution is 5.78. The monoisotopic (exact) mass is 315 g/mol. The first-order chi connectivity index (χ1) is 10.9. The normalized spacial score (nSPS) is 16.5. The highest BCUT2D eigenvalue weighted by atomic mass is 16.1. The van der Waals surface area contributed by atoms with Crippen LogP contribution in [0.15, 0.2) is 18.2 Å². The standard InChI is InChI=1S/C21H33NO/c1-21(2,3)19-14-11-17(15-20(19)22)10-13-18(23)12-9-16-7-5-4-6-8-16/h11,14-16H,4-10,12-13,22H2,1-3H3. The maximum atomic E-state index is 12.1. The second-order valence-corrected chi connectivity index (χ2v) is 8.25. The molecule has 0 bridgehead atoms. The van der Waals surface area contributed by atoms with Gasteiger partial charge in [-0.2, -0.15) is 0 Å². The van der Waals surface area contributed by atoms with Crippen molar-refractivity contribution >= 4 is 11.5 Å². The van der Waals surface area contributed by atoms with Crippen LogP contribution in [0, 0.1) is 5.92 Å². The van der Waals surface area contributed by atoms with E-state index in [4.69, 9.17) is 5.73 Å². The molecule has 23 heavy (non-hydrogen) atoms. The third-order valence-corrected chi connectivity index (χ3v) is 5.17. The Kier molecular flexibility index (Phi) is 6.26. The zero-order valence-corrected chi connectivity index (χ0v) is 15.2. The first-order valence-electron chi connectivity index (χ1n) is 9.27. The molecule has 1 saturated carbocycles. The number of aryl methyl sites for hydroxylation is 1. The molecule has 1 fully saturated rings. The predicted molar refractivity (Wildman–Crippen MR) is 98.7 cm³/mol. The zero-order chi connectivity index (χ0) is 16.9. The summed E-state index contributed by atoms with van der Waals surface area (Å²) in [5.74, 6) is 1.21. The minimum Gasteiger partial charge on any atom is -0.398 e. The number of carbonyl (C=O) groups excluding carboxylic acids is 1. The van der Waals surface area contributed by atoms with Crippen LogP contribution < -0.4 is 5.73 Å². The average Bonchev–Trinajstić information content (AvgIpc) is 2.50. The van der Waals surface area contributed by atoms with E-state index in [0.29, 0.717) is 12.2 Å². The minimum atomic E-state index is 0.0679. The van der Waals surface area contributed by atoms with Crippen LogP contribution in [0.4, 0.5) is 5.69 Å². The SMILES string of the molecule is CC(C)(C)c1ccc(CCC(=O)CCC2CCCCC2)cc1N. The molecule has 0 aromatic heterocycles. The van der Waals surface area contributed by atoms with Crippen LogP contribution in [0.25, 0.3) is 0 Å². The van der Waals surface area contributed by atoms with E-state index in [1.54, 1.807) is 0 Å². The molecule has 0 spiro atoms. The molecule has 2 N–H and O–H groups in total. The number of hydrogen-bond acceptors (Lipinski definition) is 2. The quantitative estimate of drug-likeness (QED) is 0.711. The van der Waals surface area contributed by atoms with Crippen LogP contribution in [0.3, 0.4) is 0 Å². The lowest BCUT2D eigenvalue weighted by Crippen LogP contribution is -2.14. The summed E-state index contributed by atoms with van der Waals surface area (Å²) in [5, 5.41) is 0. The van der Waals surface area contributed by atoms with Crippen molar-refractivity contribution in [2.75, 3.05) is 5.73 Å². The molecule has 0 radical (unpaired) electrons. The summed E-state index contributed by atoms with van der Waals surface area (Å²) in [6.07, 6.45) is 10.1. The van der Waals surface area contributed by atoms with Crippen molar-refractivity contribution in [1.82, 2.24) is 0 Å². The fraction of sp³-hybridized carbons (Fsp3) is 0.667. The lowest BCUT2D eigenvalue weighted by molar-refractivity contribution is -0.119. The van der Waals surface area contributed by atoms with Crippen LogP contribution in [-0.4, -0.2) is 5.78 Å². The van der Waals surface area contributed by atoms with Gasteiger partial charge < -0.3 is 5.73 Å². The maximum Gasteiger partial charge on any atom is 0.133 e. The highest BCUT2D eigenvalue weighted by Crippen LogP contribution is 2.29. The topological polar surface area (TPSA) is 43.1 Å². The van der Waals surface area contributed by atoms with Gasteiger partial charge in [-0.05, 0) is 41.4 Å². The molecule has 2 nitrogen and oxygen atoms in total. The highest BCUT2D eigenvalue weighted by Gasteiger charge is 2.17. The van der Waals surface area contributed by atoms with Crippen LogP contribution in [-0.2, 0) is 16.6 Å². The van der Waals surface area contributed by atoms with Gasteiger partial charge in [0.15, 0.2) is 0 Å². The van der Waals surface area contributed by atoms with E-state index in [0.717, 1.165) is 30.9 Å². The molecule has 1 aromatic rings. The Labute approximate surface area is 141 Å². The van der Waals surface area contributed by atoms with Crippen molar-refractivity contribution < 1.29 is 4.79 Å². The molecule has 0 atom stereocenters. The second kappa shape index (κ2) is 7.99. The molecule has 0 unspecified atom stereocenters. The zero-order valence-electron chi connectivity index (χ0n) is 15.2. The van der Waals surface area contributed by atoms with Crippen LogP contribution >= 0.6 is 0 Å². The van der Waals surface area contributed by atoms with E-state index in [1.807, 2.05) is 0 Å². The molecule has 1 aliphatic carbocycles. The smallest absolute Gasteiger partial charge is 0.133 e. The molecule has 1 aliphatic rings. The molecule has 2 heteroatoms. The third kappa shape index (κ3) is 5.67. The number of anilines is 1. The predicted octanol–water partition coefficient (Wildman–Crippen LogP) is 5.43. The Bertz CT molecular complexity index is 521. The van der Waals surface area contributed by atoms with Gasteiger partial charge in [0.05, 0.1) is 0 Å². The summed E-state index contributed by atoms with van der Waals surface area (Å²) >= 11 is 0. The van der Waals surface area contributed by atoms with Crippen molar-refractivity contribution in [3.05, 3.63) is 29.3 Å². The fourth-order valence-corrected chi connectivity index (χ4v) is 3.70. The molecule has 0 saturated heterocycles. The van der Waals surface area contributed by atoms with Crippen molar-refractivity contribution in [1.29, 1.82) is 0 Å².